The summed E-state index contributed by atoms with van der Waals surface area (Å²) in [4.78, 5) is 16.2. The van der Waals surface area contributed by atoms with Crippen molar-refractivity contribution >= 4 is 27.3 Å². The van der Waals surface area contributed by atoms with Crippen LogP contribution in [0.5, 0.6) is 0 Å². The van der Waals surface area contributed by atoms with Crippen molar-refractivity contribution in [2.45, 2.75) is 24.3 Å². The van der Waals surface area contributed by atoms with E-state index in [1.807, 2.05) is 91.0 Å². The van der Waals surface area contributed by atoms with Crippen molar-refractivity contribution in [2.75, 3.05) is 35.5 Å². The molecule has 1 saturated heterocycles. The summed E-state index contributed by atoms with van der Waals surface area (Å²) in [6, 6.07) is 35.4. The molecule has 1 fully saturated rings. The molecule has 2 aliphatic heterocycles. The molecule has 1 spiro atoms. The summed E-state index contributed by atoms with van der Waals surface area (Å²) < 4.78 is 26.8. The number of hydrogen-bond donors (Lipinski definition) is 1. The first-order chi connectivity index (χ1) is 19.3. The zero-order valence-corrected chi connectivity index (χ0v) is 23.3. The van der Waals surface area contributed by atoms with E-state index in [0.717, 1.165) is 46.5 Å². The molecule has 204 valence electrons. The van der Waals surface area contributed by atoms with E-state index in [0.29, 0.717) is 19.6 Å². The minimum absolute atomic E-state index is 0.0723. The van der Waals surface area contributed by atoms with E-state index in [1.165, 1.54) is 6.26 Å². The number of nitrogens with one attached hydrogen (secondary N) is 1. The maximum absolute atomic E-state index is 13.9. The maximum atomic E-state index is 13.9. The van der Waals surface area contributed by atoms with Crippen LogP contribution in [0, 0.1) is 0 Å². The highest BCUT2D eigenvalue weighted by molar-refractivity contribution is 7.92. The number of amides is 1. The molecule has 1 unspecified atom stereocenters. The van der Waals surface area contributed by atoms with Crippen LogP contribution >= 0.6 is 0 Å². The number of piperidine rings is 1. The molecule has 4 aromatic rings. The number of hydrogen-bond acceptors (Lipinski definition) is 4. The van der Waals surface area contributed by atoms with Gasteiger partial charge in [-0.15, -0.1) is 0 Å². The van der Waals surface area contributed by atoms with Crippen LogP contribution in [-0.4, -0.2) is 45.1 Å². The lowest BCUT2D eigenvalue weighted by molar-refractivity contribution is -0.122. The molecular weight excluding hydrogens is 518 g/mol. The Morgan fingerprint density at radius 3 is 2.12 bits per heavy atom. The molecule has 1 amide bonds. The summed E-state index contributed by atoms with van der Waals surface area (Å²) in [7, 11) is -3.38. The lowest BCUT2D eigenvalue weighted by atomic mass is 9.74. The molecule has 6 nitrogen and oxygen atoms in total. The first kappa shape index (κ1) is 26.3. The van der Waals surface area contributed by atoms with Crippen molar-refractivity contribution in [1.82, 2.24) is 4.90 Å². The fourth-order valence-electron chi connectivity index (χ4n) is 6.30. The maximum Gasteiger partial charge on any atom is 0.246 e. The molecular formula is C33H33N3O3S. The lowest BCUT2D eigenvalue weighted by Crippen LogP contribution is -2.49. The third-order valence-corrected chi connectivity index (χ3v) is 9.44. The fourth-order valence-corrected chi connectivity index (χ4v) is 7.30. The van der Waals surface area contributed by atoms with Crippen LogP contribution in [0.3, 0.4) is 0 Å². The average molecular weight is 552 g/mol. The van der Waals surface area contributed by atoms with Crippen LogP contribution in [0.25, 0.3) is 11.1 Å². The number of carbonyl (C=O) groups is 1. The van der Waals surface area contributed by atoms with Gasteiger partial charge >= 0.3 is 0 Å². The van der Waals surface area contributed by atoms with Crippen LogP contribution in [0.1, 0.15) is 30.0 Å². The number of rotatable bonds is 6. The Bertz CT molecular complexity index is 1620. The Morgan fingerprint density at radius 1 is 0.800 bits per heavy atom. The molecule has 2 aliphatic rings. The van der Waals surface area contributed by atoms with Gasteiger partial charge in [-0.2, -0.15) is 0 Å². The van der Waals surface area contributed by atoms with Crippen molar-refractivity contribution in [1.29, 1.82) is 0 Å². The Kier molecular flexibility index (Phi) is 6.94. The Labute approximate surface area is 236 Å². The van der Waals surface area contributed by atoms with Gasteiger partial charge in [0, 0.05) is 30.7 Å². The average Bonchev–Trinajstić information content (AvgIpc) is 3.30. The summed E-state index contributed by atoms with van der Waals surface area (Å²) in [6.07, 6.45) is 2.83. The quantitative estimate of drug-likeness (QED) is 0.327. The largest absolute Gasteiger partial charge is 0.324 e. The van der Waals surface area contributed by atoms with E-state index in [4.69, 9.17) is 0 Å². The van der Waals surface area contributed by atoms with Gasteiger partial charge in [0.2, 0.25) is 15.9 Å². The molecule has 1 N–H and O–H groups in total. The first-order valence-corrected chi connectivity index (χ1v) is 15.5. The van der Waals surface area contributed by atoms with E-state index in [-0.39, 0.29) is 11.3 Å². The van der Waals surface area contributed by atoms with E-state index < -0.39 is 16.1 Å². The Balaban J connectivity index is 1.25. The molecule has 6 rings (SSSR count). The van der Waals surface area contributed by atoms with Gasteiger partial charge in [0.15, 0.2) is 0 Å². The minimum Gasteiger partial charge on any atom is -0.324 e. The van der Waals surface area contributed by atoms with E-state index >= 15 is 0 Å². The van der Waals surface area contributed by atoms with E-state index in [9.17, 15) is 13.2 Å². The van der Waals surface area contributed by atoms with Crippen LogP contribution in [0.15, 0.2) is 109 Å². The number of likely N-dealkylation sites (tertiary alicyclic amines) is 1. The normalized spacial score (nSPS) is 17.4. The number of benzene rings is 4. The van der Waals surface area contributed by atoms with Crippen molar-refractivity contribution in [3.05, 3.63) is 120 Å². The molecule has 1 atom stereocenters. The summed E-state index contributed by atoms with van der Waals surface area (Å²) in [5.41, 5.74) is 5.48. The third kappa shape index (κ3) is 5.03. The molecule has 2 heterocycles. The van der Waals surface area contributed by atoms with Crippen molar-refractivity contribution in [3.8, 4) is 11.1 Å². The number of para-hydroxylation sites is 1. The summed E-state index contributed by atoms with van der Waals surface area (Å²) in [6.45, 7) is 1.82. The van der Waals surface area contributed by atoms with Gasteiger partial charge in [0.25, 0.3) is 0 Å². The van der Waals surface area contributed by atoms with E-state index in [1.54, 1.807) is 4.31 Å². The second-order valence-corrected chi connectivity index (χ2v) is 12.8. The molecule has 0 radical (unpaired) electrons. The lowest BCUT2D eigenvalue weighted by Gasteiger charge is -2.42. The van der Waals surface area contributed by atoms with Crippen LogP contribution < -0.4 is 9.62 Å². The second-order valence-electron chi connectivity index (χ2n) is 10.9. The van der Waals surface area contributed by atoms with Gasteiger partial charge < -0.3 is 5.32 Å². The fraction of sp³-hybridized carbons (Fsp3) is 0.242. The Hall–Kier alpha value is -3.94. The SMILES string of the molecule is CS(=O)(=O)N1CC2(CCN(C(C(=O)Nc3cccc(-c4ccccc4)c3)c3ccccc3)CC2)c2ccccc21. The highest BCUT2D eigenvalue weighted by Gasteiger charge is 2.48. The highest BCUT2D eigenvalue weighted by Crippen LogP contribution is 2.48. The molecule has 7 heteroatoms. The molecule has 0 bridgehead atoms. The monoisotopic (exact) mass is 551 g/mol. The smallest absolute Gasteiger partial charge is 0.246 e. The Morgan fingerprint density at radius 2 is 1.43 bits per heavy atom. The molecule has 0 aromatic heterocycles. The van der Waals surface area contributed by atoms with Crippen LogP contribution in [-0.2, 0) is 20.2 Å². The second kappa shape index (κ2) is 10.6. The zero-order chi connectivity index (χ0) is 27.7. The third-order valence-electron chi connectivity index (χ3n) is 8.31. The predicted octanol–water partition coefficient (Wildman–Crippen LogP) is 5.85. The van der Waals surface area contributed by atoms with Gasteiger partial charge in [-0.3, -0.25) is 14.0 Å². The number of carbonyl (C=O) groups excluding carboxylic acids is 1. The van der Waals surface area contributed by atoms with Gasteiger partial charge in [-0.25, -0.2) is 8.42 Å². The van der Waals surface area contributed by atoms with Gasteiger partial charge in [-0.1, -0.05) is 91.0 Å². The van der Waals surface area contributed by atoms with Gasteiger partial charge in [-0.05, 0) is 53.3 Å². The number of sulfonamides is 1. The van der Waals surface area contributed by atoms with Crippen molar-refractivity contribution in [2.24, 2.45) is 0 Å². The van der Waals surface area contributed by atoms with Gasteiger partial charge in [0.1, 0.15) is 6.04 Å². The number of anilines is 2. The van der Waals surface area contributed by atoms with Gasteiger partial charge in [0.05, 0.1) is 11.9 Å². The zero-order valence-electron chi connectivity index (χ0n) is 22.5. The predicted molar refractivity (Wildman–Crippen MR) is 161 cm³/mol. The minimum atomic E-state index is -3.38. The first-order valence-electron chi connectivity index (χ1n) is 13.7. The molecule has 40 heavy (non-hydrogen) atoms. The van der Waals surface area contributed by atoms with Crippen LogP contribution in [0.2, 0.25) is 0 Å². The summed E-state index contributed by atoms with van der Waals surface area (Å²) in [5.74, 6) is -0.0723. The topological polar surface area (TPSA) is 69.7 Å². The molecule has 4 aromatic carbocycles. The molecule has 0 saturated carbocycles. The molecule has 0 aliphatic carbocycles. The summed E-state index contributed by atoms with van der Waals surface area (Å²) >= 11 is 0. The summed E-state index contributed by atoms with van der Waals surface area (Å²) in [5, 5.41) is 3.18. The van der Waals surface area contributed by atoms with Crippen molar-refractivity contribution in [3.63, 3.8) is 0 Å². The standard InChI is InChI=1S/C33H33N3O3S/c1-40(38,39)36-24-33(29-17-8-9-18-30(29)36)19-21-35(22-20-33)31(26-13-6-3-7-14-26)32(37)34-28-16-10-15-27(23-28)25-11-4-2-5-12-25/h2-18,23,31H,19-22,24H2,1H3,(H,34,37). The number of fused-ring (bicyclic) bond motifs is 2. The van der Waals surface area contributed by atoms with Crippen LogP contribution in [0.4, 0.5) is 11.4 Å². The van der Waals surface area contributed by atoms with Crippen molar-refractivity contribution < 1.29 is 13.2 Å². The number of nitrogens with zero attached hydrogens (tertiary/aromatic N) is 2. The highest BCUT2D eigenvalue weighted by atomic mass is 32.2. The van der Waals surface area contributed by atoms with E-state index in [2.05, 4.69) is 28.4 Å².